The lowest BCUT2D eigenvalue weighted by molar-refractivity contribution is -0.116. The molecule has 0 spiro atoms. The Morgan fingerprint density at radius 3 is 2.71 bits per heavy atom. The number of nitrogens with zero attached hydrogens (tertiary/aromatic N) is 3. The number of carbonyl (C=O) groups is 3. The fourth-order valence-electron chi connectivity index (χ4n) is 2.48. The van der Waals surface area contributed by atoms with Crippen LogP contribution >= 0.6 is 34.4 Å². The minimum Gasteiger partial charge on any atom is -0.462 e. The van der Waals surface area contributed by atoms with Crippen LogP contribution in [0.15, 0.2) is 10.4 Å². The van der Waals surface area contributed by atoms with Gasteiger partial charge in [0.2, 0.25) is 16.9 Å². The van der Waals surface area contributed by atoms with E-state index in [9.17, 15) is 14.4 Å². The predicted molar refractivity (Wildman–Crippen MR) is 110 cm³/mol. The van der Waals surface area contributed by atoms with Gasteiger partial charge in [0.05, 0.1) is 17.4 Å². The van der Waals surface area contributed by atoms with Gasteiger partial charge in [-0.3, -0.25) is 14.5 Å². The molecule has 11 heteroatoms. The van der Waals surface area contributed by atoms with Gasteiger partial charge in [-0.15, -0.1) is 21.5 Å². The van der Waals surface area contributed by atoms with Crippen LogP contribution < -0.4 is 10.2 Å². The first kappa shape index (κ1) is 20.7. The number of thioether (sulfide) groups is 1. The maximum Gasteiger partial charge on any atom is 0.348 e. The summed E-state index contributed by atoms with van der Waals surface area (Å²) in [7, 11) is 0. The SMILES string of the molecule is CCOC(=O)c1sc(NC(=O)CSc2nnc(N(C(C)=O)C3CC3)s2)cc1C. The van der Waals surface area contributed by atoms with Crippen LogP contribution in [0.4, 0.5) is 10.1 Å². The van der Waals surface area contributed by atoms with Crippen LogP contribution in [0.5, 0.6) is 0 Å². The van der Waals surface area contributed by atoms with E-state index in [-0.39, 0.29) is 29.6 Å². The van der Waals surface area contributed by atoms with E-state index in [0.29, 0.717) is 26.0 Å². The average molecular weight is 441 g/mol. The molecule has 1 saturated carbocycles. The molecule has 2 aromatic rings. The lowest BCUT2D eigenvalue weighted by Gasteiger charge is -2.15. The number of hydrogen-bond acceptors (Lipinski definition) is 9. The Morgan fingerprint density at radius 1 is 1.32 bits per heavy atom. The van der Waals surface area contributed by atoms with Crippen molar-refractivity contribution >= 4 is 62.4 Å². The van der Waals surface area contributed by atoms with E-state index in [2.05, 4.69) is 15.5 Å². The van der Waals surface area contributed by atoms with Gasteiger partial charge < -0.3 is 10.1 Å². The molecule has 1 aliphatic carbocycles. The van der Waals surface area contributed by atoms with Crippen molar-refractivity contribution in [3.05, 3.63) is 16.5 Å². The highest BCUT2D eigenvalue weighted by Gasteiger charge is 2.34. The number of hydrogen-bond donors (Lipinski definition) is 1. The number of thiophene rings is 1. The molecule has 8 nitrogen and oxygen atoms in total. The number of amides is 2. The van der Waals surface area contributed by atoms with Gasteiger partial charge in [0.1, 0.15) is 4.88 Å². The van der Waals surface area contributed by atoms with Crippen molar-refractivity contribution in [2.75, 3.05) is 22.6 Å². The van der Waals surface area contributed by atoms with Crippen LogP contribution in [-0.2, 0) is 14.3 Å². The van der Waals surface area contributed by atoms with E-state index in [1.54, 1.807) is 24.8 Å². The first-order valence-electron chi connectivity index (χ1n) is 8.72. The van der Waals surface area contributed by atoms with Crippen LogP contribution in [0.3, 0.4) is 0 Å². The van der Waals surface area contributed by atoms with E-state index >= 15 is 0 Å². The molecule has 2 aromatic heterocycles. The molecule has 28 heavy (non-hydrogen) atoms. The Balaban J connectivity index is 1.54. The van der Waals surface area contributed by atoms with Gasteiger partial charge in [-0.05, 0) is 38.3 Å². The Bertz CT molecular complexity index is 891. The summed E-state index contributed by atoms with van der Waals surface area (Å²) < 4.78 is 5.64. The van der Waals surface area contributed by atoms with Crippen molar-refractivity contribution in [1.29, 1.82) is 0 Å². The smallest absolute Gasteiger partial charge is 0.348 e. The number of aromatic nitrogens is 2. The second kappa shape index (κ2) is 9.01. The summed E-state index contributed by atoms with van der Waals surface area (Å²) in [5, 5.41) is 12.1. The molecule has 1 N–H and O–H groups in total. The molecule has 0 aliphatic heterocycles. The molecule has 2 heterocycles. The van der Waals surface area contributed by atoms with Crippen molar-refractivity contribution in [2.24, 2.45) is 0 Å². The molecular formula is C17H20N4O4S3. The second-order valence-corrected chi connectivity index (χ2v) is 9.38. The van der Waals surface area contributed by atoms with Gasteiger partial charge in [-0.25, -0.2) is 4.79 Å². The Kier molecular flexibility index (Phi) is 6.68. The quantitative estimate of drug-likeness (QED) is 0.382. The van der Waals surface area contributed by atoms with Crippen molar-refractivity contribution in [2.45, 2.75) is 44.0 Å². The largest absolute Gasteiger partial charge is 0.462 e. The minimum atomic E-state index is -0.382. The van der Waals surface area contributed by atoms with Crippen LogP contribution in [0, 0.1) is 6.92 Å². The number of ether oxygens (including phenoxy) is 1. The highest BCUT2D eigenvalue weighted by Crippen LogP contribution is 2.36. The third kappa shape index (κ3) is 5.09. The standard InChI is InChI=1S/C17H20N4O4S3/c1-4-25-15(24)14-9(2)7-13(27-14)18-12(23)8-26-17-20-19-16(28-17)21(10(3)22)11-5-6-11/h7,11H,4-6,8H2,1-3H3,(H,18,23). The van der Waals surface area contributed by atoms with Gasteiger partial charge in [0, 0.05) is 13.0 Å². The van der Waals surface area contributed by atoms with Crippen LogP contribution in [0.25, 0.3) is 0 Å². The zero-order valence-corrected chi connectivity index (χ0v) is 18.1. The van der Waals surface area contributed by atoms with Crippen molar-refractivity contribution in [3.8, 4) is 0 Å². The predicted octanol–water partition coefficient (Wildman–Crippen LogP) is 3.33. The summed E-state index contributed by atoms with van der Waals surface area (Å²) in [6.45, 7) is 5.38. The van der Waals surface area contributed by atoms with Crippen molar-refractivity contribution < 1.29 is 19.1 Å². The number of anilines is 2. The van der Waals surface area contributed by atoms with E-state index < -0.39 is 0 Å². The fourth-order valence-corrected chi connectivity index (χ4v) is 5.22. The van der Waals surface area contributed by atoms with Crippen LogP contribution in [0.1, 0.15) is 41.9 Å². The van der Waals surface area contributed by atoms with Gasteiger partial charge in [0.25, 0.3) is 0 Å². The lowest BCUT2D eigenvalue weighted by atomic mass is 10.3. The molecule has 0 atom stereocenters. The van der Waals surface area contributed by atoms with Crippen molar-refractivity contribution in [1.82, 2.24) is 10.2 Å². The molecule has 2 amide bonds. The summed E-state index contributed by atoms with van der Waals surface area (Å²) in [5.41, 5.74) is 0.768. The third-order valence-electron chi connectivity index (χ3n) is 3.82. The van der Waals surface area contributed by atoms with Gasteiger partial charge in [-0.2, -0.15) is 0 Å². The Labute approximate surface area is 174 Å². The molecule has 0 radical (unpaired) electrons. The molecule has 3 rings (SSSR count). The zero-order chi connectivity index (χ0) is 20.3. The number of carbonyl (C=O) groups excluding carboxylic acids is 3. The first-order valence-corrected chi connectivity index (χ1v) is 11.3. The summed E-state index contributed by atoms with van der Waals surface area (Å²) in [5.74, 6) is -0.474. The van der Waals surface area contributed by atoms with E-state index in [1.165, 1.54) is 41.4 Å². The van der Waals surface area contributed by atoms with E-state index in [1.807, 2.05) is 0 Å². The highest BCUT2D eigenvalue weighted by molar-refractivity contribution is 8.01. The highest BCUT2D eigenvalue weighted by atomic mass is 32.2. The Morgan fingerprint density at radius 2 is 2.07 bits per heavy atom. The normalized spacial score (nSPS) is 13.2. The summed E-state index contributed by atoms with van der Waals surface area (Å²) in [6.07, 6.45) is 1.97. The second-order valence-electron chi connectivity index (χ2n) is 6.15. The van der Waals surface area contributed by atoms with Crippen LogP contribution in [0.2, 0.25) is 0 Å². The van der Waals surface area contributed by atoms with Gasteiger partial charge in [-0.1, -0.05) is 23.1 Å². The first-order chi connectivity index (χ1) is 13.4. The molecular weight excluding hydrogens is 420 g/mol. The lowest BCUT2D eigenvalue weighted by Crippen LogP contribution is -2.30. The van der Waals surface area contributed by atoms with Gasteiger partial charge >= 0.3 is 5.97 Å². The van der Waals surface area contributed by atoms with Gasteiger partial charge in [0.15, 0.2) is 4.34 Å². The molecule has 0 saturated heterocycles. The van der Waals surface area contributed by atoms with E-state index in [4.69, 9.17) is 4.74 Å². The minimum absolute atomic E-state index is 0.0431. The molecule has 150 valence electrons. The number of nitrogens with one attached hydrogen (secondary N) is 1. The molecule has 0 aromatic carbocycles. The maximum absolute atomic E-state index is 12.2. The topological polar surface area (TPSA) is 101 Å². The monoisotopic (exact) mass is 440 g/mol. The summed E-state index contributed by atoms with van der Waals surface area (Å²) in [4.78, 5) is 38.0. The molecule has 1 fully saturated rings. The summed E-state index contributed by atoms with van der Waals surface area (Å²) >= 11 is 3.77. The molecule has 1 aliphatic rings. The van der Waals surface area contributed by atoms with E-state index in [0.717, 1.165) is 18.4 Å². The number of rotatable bonds is 8. The average Bonchev–Trinajstić information content (AvgIpc) is 3.22. The Hall–Kier alpha value is -1.98. The number of aryl methyl sites for hydroxylation is 1. The zero-order valence-electron chi connectivity index (χ0n) is 15.7. The third-order valence-corrected chi connectivity index (χ3v) is 7.01. The van der Waals surface area contributed by atoms with Crippen molar-refractivity contribution in [3.63, 3.8) is 0 Å². The maximum atomic E-state index is 12.2. The fraction of sp³-hybridized carbons (Fsp3) is 0.471. The summed E-state index contributed by atoms with van der Waals surface area (Å²) in [6, 6.07) is 1.98. The molecule has 0 bridgehead atoms. The number of esters is 1. The van der Waals surface area contributed by atoms with Crippen LogP contribution in [-0.4, -0.2) is 46.4 Å². The molecule has 0 unspecified atom stereocenters.